The van der Waals surface area contributed by atoms with Gasteiger partial charge < -0.3 is 15.5 Å². The van der Waals surface area contributed by atoms with Gasteiger partial charge in [-0.1, -0.05) is 12.2 Å². The third-order valence-corrected chi connectivity index (χ3v) is 3.91. The maximum atomic E-state index is 5.88. The molecule has 1 saturated heterocycles. The summed E-state index contributed by atoms with van der Waals surface area (Å²) in [5.74, 6) is 0.839. The minimum absolute atomic E-state index is 0.406. The lowest BCUT2D eigenvalue weighted by Crippen LogP contribution is -2.32. The van der Waals surface area contributed by atoms with Crippen molar-refractivity contribution in [3.8, 4) is 0 Å². The molecule has 0 atom stereocenters. The molecule has 0 saturated carbocycles. The van der Waals surface area contributed by atoms with Gasteiger partial charge in [0.05, 0.1) is 11.3 Å². The molecule has 19 heavy (non-hydrogen) atoms. The fourth-order valence-electron chi connectivity index (χ4n) is 2.37. The summed E-state index contributed by atoms with van der Waals surface area (Å²) in [5, 5.41) is 8.57. The van der Waals surface area contributed by atoms with Gasteiger partial charge in [0.15, 0.2) is 5.82 Å². The molecule has 6 heteroatoms. The predicted octanol–water partition coefficient (Wildman–Crippen LogP) is 0.870. The minimum Gasteiger partial charge on any atom is -0.389 e. The van der Waals surface area contributed by atoms with Crippen molar-refractivity contribution >= 4 is 23.0 Å². The maximum absolute atomic E-state index is 5.88. The highest BCUT2D eigenvalue weighted by Gasteiger charge is 2.21. The minimum atomic E-state index is 0.406. The Balaban J connectivity index is 2.38. The number of nitrogens with zero attached hydrogens (tertiary/aromatic N) is 4. The number of likely N-dealkylation sites (N-methyl/N-ethyl adjacent to an activating group) is 1. The molecule has 2 N–H and O–H groups in total. The molecule has 0 amide bonds. The molecular formula is C13H21N5S. The lowest BCUT2D eigenvalue weighted by Gasteiger charge is -2.24. The number of hydrogen-bond donors (Lipinski definition) is 1. The molecular weight excluding hydrogens is 258 g/mol. The fourth-order valence-corrected chi connectivity index (χ4v) is 2.62. The van der Waals surface area contributed by atoms with Crippen LogP contribution in [0.4, 0.5) is 5.82 Å². The number of hydrogen-bond acceptors (Lipinski definition) is 5. The number of rotatable bonds is 2. The van der Waals surface area contributed by atoms with Gasteiger partial charge in [-0.15, -0.1) is 5.10 Å². The van der Waals surface area contributed by atoms with E-state index in [0.717, 1.165) is 55.2 Å². The third kappa shape index (κ3) is 3.01. The smallest absolute Gasteiger partial charge is 0.161 e. The van der Waals surface area contributed by atoms with Crippen molar-refractivity contribution in [2.75, 3.05) is 38.1 Å². The van der Waals surface area contributed by atoms with E-state index in [1.54, 1.807) is 0 Å². The highest BCUT2D eigenvalue weighted by Crippen LogP contribution is 2.23. The van der Waals surface area contributed by atoms with Crippen molar-refractivity contribution in [2.45, 2.75) is 20.3 Å². The van der Waals surface area contributed by atoms with Crippen molar-refractivity contribution in [3.63, 3.8) is 0 Å². The fraction of sp³-hybridized carbons (Fsp3) is 0.615. The SMILES string of the molecule is Cc1nnc(N2CCCN(C)CC2)c(C(N)=S)c1C. The number of aryl methyl sites for hydroxylation is 1. The normalized spacial score (nSPS) is 17.3. The first-order valence-electron chi connectivity index (χ1n) is 6.58. The molecule has 0 spiro atoms. The molecule has 1 aliphatic rings. The van der Waals surface area contributed by atoms with Gasteiger partial charge in [-0.3, -0.25) is 0 Å². The number of anilines is 1. The number of nitrogens with two attached hydrogens (primary N) is 1. The van der Waals surface area contributed by atoms with Crippen LogP contribution in [0, 0.1) is 13.8 Å². The Morgan fingerprint density at radius 3 is 2.58 bits per heavy atom. The van der Waals surface area contributed by atoms with E-state index >= 15 is 0 Å². The zero-order valence-corrected chi connectivity index (χ0v) is 12.6. The zero-order chi connectivity index (χ0) is 14.0. The first-order valence-corrected chi connectivity index (χ1v) is 6.98. The molecule has 0 aliphatic carbocycles. The Kier molecular flexibility index (Phi) is 4.31. The monoisotopic (exact) mass is 279 g/mol. The van der Waals surface area contributed by atoms with Crippen molar-refractivity contribution in [3.05, 3.63) is 16.8 Å². The molecule has 1 aliphatic heterocycles. The van der Waals surface area contributed by atoms with Crippen molar-refractivity contribution in [2.24, 2.45) is 5.73 Å². The Morgan fingerprint density at radius 1 is 1.16 bits per heavy atom. The lowest BCUT2D eigenvalue weighted by molar-refractivity contribution is 0.360. The maximum Gasteiger partial charge on any atom is 0.161 e. The first kappa shape index (κ1) is 14.1. The van der Waals surface area contributed by atoms with Gasteiger partial charge in [0, 0.05) is 19.6 Å². The van der Waals surface area contributed by atoms with E-state index in [4.69, 9.17) is 18.0 Å². The van der Waals surface area contributed by atoms with Gasteiger partial charge in [0.2, 0.25) is 0 Å². The Morgan fingerprint density at radius 2 is 1.89 bits per heavy atom. The molecule has 1 fully saturated rings. The van der Waals surface area contributed by atoms with E-state index in [-0.39, 0.29) is 0 Å². The van der Waals surface area contributed by atoms with Crippen LogP contribution in [-0.4, -0.2) is 53.3 Å². The second-order valence-electron chi connectivity index (χ2n) is 5.12. The van der Waals surface area contributed by atoms with Gasteiger partial charge >= 0.3 is 0 Å². The van der Waals surface area contributed by atoms with Gasteiger partial charge in [-0.05, 0) is 39.4 Å². The summed E-state index contributed by atoms with van der Waals surface area (Å²) < 4.78 is 0. The summed E-state index contributed by atoms with van der Waals surface area (Å²) in [6.07, 6.45) is 1.11. The summed E-state index contributed by atoms with van der Waals surface area (Å²) in [6, 6.07) is 0. The number of aromatic nitrogens is 2. The topological polar surface area (TPSA) is 58.3 Å². The van der Waals surface area contributed by atoms with Crippen molar-refractivity contribution in [1.29, 1.82) is 0 Å². The van der Waals surface area contributed by atoms with E-state index in [1.807, 2.05) is 13.8 Å². The molecule has 0 radical (unpaired) electrons. The third-order valence-electron chi connectivity index (χ3n) is 3.70. The molecule has 5 nitrogen and oxygen atoms in total. The van der Waals surface area contributed by atoms with Gasteiger partial charge in [0.25, 0.3) is 0 Å². The summed E-state index contributed by atoms with van der Waals surface area (Å²) >= 11 is 5.20. The average Bonchev–Trinajstić information content (AvgIpc) is 2.57. The summed E-state index contributed by atoms with van der Waals surface area (Å²) in [5.41, 5.74) is 8.69. The Bertz CT molecular complexity index is 488. The van der Waals surface area contributed by atoms with Crippen LogP contribution in [-0.2, 0) is 0 Å². The van der Waals surface area contributed by atoms with E-state index in [2.05, 4.69) is 27.0 Å². The first-order chi connectivity index (χ1) is 9.00. The van der Waals surface area contributed by atoms with Crippen LogP contribution in [0.15, 0.2) is 0 Å². The lowest BCUT2D eigenvalue weighted by atomic mass is 10.1. The van der Waals surface area contributed by atoms with Crippen LogP contribution in [0.5, 0.6) is 0 Å². The average molecular weight is 279 g/mol. The molecule has 1 aromatic heterocycles. The van der Waals surface area contributed by atoms with Crippen molar-refractivity contribution in [1.82, 2.24) is 15.1 Å². The molecule has 104 valence electrons. The van der Waals surface area contributed by atoms with Crippen molar-refractivity contribution < 1.29 is 0 Å². The van der Waals surface area contributed by atoms with Gasteiger partial charge in [0.1, 0.15) is 4.99 Å². The quantitative estimate of drug-likeness (QED) is 0.811. The zero-order valence-electron chi connectivity index (χ0n) is 11.8. The van der Waals surface area contributed by atoms with Crippen LogP contribution >= 0.6 is 12.2 Å². The largest absolute Gasteiger partial charge is 0.389 e. The van der Waals surface area contributed by atoms with E-state index in [9.17, 15) is 0 Å². The van der Waals surface area contributed by atoms with E-state index in [1.165, 1.54) is 0 Å². The molecule has 2 heterocycles. The number of thiocarbonyl (C=S) groups is 1. The molecule has 0 bridgehead atoms. The van der Waals surface area contributed by atoms with Crippen LogP contribution in [0.3, 0.4) is 0 Å². The molecule has 0 aromatic carbocycles. The predicted molar refractivity (Wildman–Crippen MR) is 81.7 cm³/mol. The van der Waals surface area contributed by atoms with E-state index < -0.39 is 0 Å². The second-order valence-corrected chi connectivity index (χ2v) is 5.56. The highest BCUT2D eigenvalue weighted by atomic mass is 32.1. The van der Waals surface area contributed by atoms with Crippen LogP contribution in [0.25, 0.3) is 0 Å². The summed E-state index contributed by atoms with van der Waals surface area (Å²) in [6.45, 7) is 7.97. The van der Waals surface area contributed by atoms with Gasteiger partial charge in [-0.2, -0.15) is 5.10 Å². The van der Waals surface area contributed by atoms with Crippen LogP contribution in [0.2, 0.25) is 0 Å². The summed E-state index contributed by atoms with van der Waals surface area (Å²) in [7, 11) is 2.14. The van der Waals surface area contributed by atoms with Gasteiger partial charge in [-0.25, -0.2) is 0 Å². The highest BCUT2D eigenvalue weighted by molar-refractivity contribution is 7.80. The molecule has 0 unspecified atom stereocenters. The summed E-state index contributed by atoms with van der Waals surface area (Å²) in [4.78, 5) is 4.98. The van der Waals surface area contributed by atoms with Crippen LogP contribution < -0.4 is 10.6 Å². The Hall–Kier alpha value is -1.27. The second kappa shape index (κ2) is 5.79. The van der Waals surface area contributed by atoms with E-state index in [0.29, 0.717) is 4.99 Å². The molecule has 1 aromatic rings. The standard InChI is InChI=1S/C13H21N5S/c1-9-10(2)15-16-13(11(9)12(14)19)18-6-4-5-17(3)7-8-18/h4-8H2,1-3H3,(H2,14,19). The van der Waals surface area contributed by atoms with Crippen LogP contribution in [0.1, 0.15) is 23.2 Å². The molecule has 2 rings (SSSR count). The Labute approximate surface area is 119 Å².